The molecule has 1 saturated heterocycles. The van der Waals surface area contributed by atoms with E-state index in [0.29, 0.717) is 12.2 Å². The van der Waals surface area contributed by atoms with Crippen molar-refractivity contribution < 1.29 is 14.6 Å². The molecule has 23 heavy (non-hydrogen) atoms. The molecular formula is C20H34O3. The predicted molar refractivity (Wildman–Crippen MR) is 93.0 cm³/mol. The van der Waals surface area contributed by atoms with Gasteiger partial charge in [0.2, 0.25) is 0 Å². The quantitative estimate of drug-likeness (QED) is 0.324. The van der Waals surface area contributed by atoms with E-state index in [1.54, 1.807) is 0 Å². The lowest BCUT2D eigenvalue weighted by Gasteiger charge is -2.45. The van der Waals surface area contributed by atoms with Gasteiger partial charge in [-0.25, -0.2) is 9.78 Å². The number of ketones is 1. The molecule has 0 amide bonds. The van der Waals surface area contributed by atoms with Gasteiger partial charge in [-0.15, -0.1) is 0 Å². The minimum atomic E-state index is -0.437. The van der Waals surface area contributed by atoms with Crippen molar-refractivity contribution >= 4 is 5.78 Å². The average molecular weight is 322 g/mol. The normalized spacial score (nSPS) is 34.2. The fourth-order valence-electron chi connectivity index (χ4n) is 3.70. The molecule has 3 heteroatoms. The predicted octanol–water partition coefficient (Wildman–Crippen LogP) is 5.39. The molecule has 1 aliphatic carbocycles. The topological polar surface area (TPSA) is 35.5 Å². The minimum Gasteiger partial charge on any atom is -0.299 e. The maximum Gasteiger partial charge on any atom is 0.138 e. The van der Waals surface area contributed by atoms with Gasteiger partial charge in [-0.1, -0.05) is 64.5 Å². The van der Waals surface area contributed by atoms with Crippen molar-refractivity contribution in [1.29, 1.82) is 0 Å². The molecule has 1 heterocycles. The van der Waals surface area contributed by atoms with E-state index in [1.165, 1.54) is 44.9 Å². The number of Topliss-reactive ketones (excluding diaryl/α,β-unsaturated/α-hetero) is 1. The lowest BCUT2D eigenvalue weighted by Crippen LogP contribution is -2.52. The summed E-state index contributed by atoms with van der Waals surface area (Å²) in [5.41, 5.74) is -0.437. The third-order valence-electron chi connectivity index (χ3n) is 5.61. The van der Waals surface area contributed by atoms with E-state index in [9.17, 15) is 4.79 Å². The Morgan fingerprint density at radius 3 is 2.61 bits per heavy atom. The highest BCUT2D eigenvalue weighted by Gasteiger charge is 2.48. The van der Waals surface area contributed by atoms with Crippen LogP contribution < -0.4 is 0 Å². The van der Waals surface area contributed by atoms with Crippen molar-refractivity contribution in [3.63, 3.8) is 0 Å². The zero-order chi connectivity index (χ0) is 16.7. The Balaban J connectivity index is 1.69. The van der Waals surface area contributed by atoms with Crippen LogP contribution in [-0.2, 0) is 14.6 Å². The summed E-state index contributed by atoms with van der Waals surface area (Å²) >= 11 is 0. The number of carbonyl (C=O) groups is 1. The monoisotopic (exact) mass is 322 g/mol. The lowest BCUT2D eigenvalue weighted by molar-refractivity contribution is -0.415. The average Bonchev–Trinajstić information content (AvgIpc) is 2.54. The van der Waals surface area contributed by atoms with Crippen molar-refractivity contribution in [1.82, 2.24) is 0 Å². The Labute approximate surface area is 141 Å². The maximum absolute atomic E-state index is 12.1. The second-order valence-electron chi connectivity index (χ2n) is 7.61. The molecule has 0 aromatic heterocycles. The summed E-state index contributed by atoms with van der Waals surface area (Å²) in [7, 11) is 0. The molecule has 0 N–H and O–H groups in total. The van der Waals surface area contributed by atoms with E-state index in [2.05, 4.69) is 26.0 Å². The molecule has 0 aromatic carbocycles. The van der Waals surface area contributed by atoms with Crippen molar-refractivity contribution in [2.75, 3.05) is 0 Å². The van der Waals surface area contributed by atoms with Crippen LogP contribution in [-0.4, -0.2) is 17.5 Å². The highest BCUT2D eigenvalue weighted by Crippen LogP contribution is 2.42. The number of hydrogen-bond acceptors (Lipinski definition) is 3. The number of unbranched alkanes of at least 4 members (excludes halogenated alkanes) is 7. The Morgan fingerprint density at radius 1 is 1.17 bits per heavy atom. The van der Waals surface area contributed by atoms with E-state index in [1.807, 2.05) is 6.92 Å². The third-order valence-corrected chi connectivity index (χ3v) is 5.61. The third kappa shape index (κ3) is 5.15. The molecule has 2 rings (SSSR count). The summed E-state index contributed by atoms with van der Waals surface area (Å²) in [5, 5.41) is 0. The first kappa shape index (κ1) is 18.7. The van der Waals surface area contributed by atoms with Gasteiger partial charge in [-0.05, 0) is 26.2 Å². The summed E-state index contributed by atoms with van der Waals surface area (Å²) in [6, 6.07) is 0. The first-order valence-electron chi connectivity index (χ1n) is 9.61. The first-order valence-corrected chi connectivity index (χ1v) is 9.61. The molecule has 0 aromatic rings. The molecule has 0 unspecified atom stereocenters. The fraction of sp³-hybridized carbons (Fsp3) is 0.850. The highest BCUT2D eigenvalue weighted by molar-refractivity contribution is 5.82. The van der Waals surface area contributed by atoms with Gasteiger partial charge in [0.05, 0.1) is 0 Å². The molecule has 0 spiro atoms. The number of rotatable bonds is 9. The van der Waals surface area contributed by atoms with Crippen molar-refractivity contribution in [3.8, 4) is 0 Å². The fourth-order valence-corrected chi connectivity index (χ4v) is 3.70. The molecule has 2 aliphatic rings. The minimum absolute atomic E-state index is 0.0208. The van der Waals surface area contributed by atoms with Gasteiger partial charge < -0.3 is 0 Å². The van der Waals surface area contributed by atoms with Crippen molar-refractivity contribution in [3.05, 3.63) is 12.2 Å². The molecule has 0 radical (unpaired) electrons. The largest absolute Gasteiger partial charge is 0.299 e. The second-order valence-corrected chi connectivity index (χ2v) is 7.61. The molecule has 132 valence electrons. The van der Waals surface area contributed by atoms with E-state index in [-0.39, 0.29) is 17.9 Å². The maximum atomic E-state index is 12.1. The summed E-state index contributed by atoms with van der Waals surface area (Å²) in [6.07, 6.45) is 16.3. The first-order chi connectivity index (χ1) is 11.1. The van der Waals surface area contributed by atoms with E-state index in [4.69, 9.17) is 9.78 Å². The van der Waals surface area contributed by atoms with Gasteiger partial charge >= 0.3 is 0 Å². The molecule has 2 fully saturated rings. The lowest BCUT2D eigenvalue weighted by atomic mass is 9.71. The van der Waals surface area contributed by atoms with Crippen LogP contribution in [0.25, 0.3) is 0 Å². The van der Waals surface area contributed by atoms with Crippen LogP contribution in [0.5, 0.6) is 0 Å². The van der Waals surface area contributed by atoms with E-state index < -0.39 is 5.60 Å². The summed E-state index contributed by atoms with van der Waals surface area (Å²) in [6.45, 7) is 6.26. The van der Waals surface area contributed by atoms with Gasteiger partial charge in [0.25, 0.3) is 0 Å². The van der Waals surface area contributed by atoms with Crippen LogP contribution in [0.15, 0.2) is 12.2 Å². The molecular weight excluding hydrogens is 288 g/mol. The summed E-state index contributed by atoms with van der Waals surface area (Å²) in [5.74, 6) is 0.559. The number of hydrogen-bond donors (Lipinski definition) is 0. The highest BCUT2D eigenvalue weighted by atomic mass is 17.2. The van der Waals surface area contributed by atoms with Crippen LogP contribution in [0.1, 0.15) is 85.0 Å². The van der Waals surface area contributed by atoms with Gasteiger partial charge in [-0.3, -0.25) is 4.79 Å². The molecule has 1 aliphatic heterocycles. The molecule has 3 nitrogen and oxygen atoms in total. The van der Waals surface area contributed by atoms with Gasteiger partial charge in [0.1, 0.15) is 17.5 Å². The number of allylic oxidation sites excluding steroid dienone is 1. The molecule has 2 bridgehead atoms. The molecule has 1 saturated carbocycles. The van der Waals surface area contributed by atoms with Crippen LogP contribution in [0.3, 0.4) is 0 Å². The molecule has 4 atom stereocenters. The van der Waals surface area contributed by atoms with E-state index in [0.717, 1.165) is 12.8 Å². The van der Waals surface area contributed by atoms with Crippen molar-refractivity contribution in [2.45, 2.75) is 96.7 Å². The smallest absolute Gasteiger partial charge is 0.138 e. The summed E-state index contributed by atoms with van der Waals surface area (Å²) < 4.78 is 0. The Bertz CT molecular complexity index is 404. The van der Waals surface area contributed by atoms with Gasteiger partial charge in [0.15, 0.2) is 0 Å². The van der Waals surface area contributed by atoms with E-state index >= 15 is 0 Å². The van der Waals surface area contributed by atoms with Crippen molar-refractivity contribution in [2.24, 2.45) is 11.8 Å². The van der Waals surface area contributed by atoms with Crippen LogP contribution in [0.4, 0.5) is 0 Å². The number of fused-ring (bicyclic) bond motifs is 2. The van der Waals surface area contributed by atoms with Crippen LogP contribution >= 0.6 is 0 Å². The Hall–Kier alpha value is -0.670. The Kier molecular flexibility index (Phi) is 7.29. The van der Waals surface area contributed by atoms with Crippen LogP contribution in [0.2, 0.25) is 0 Å². The SMILES string of the molecule is CCCCCCCCC/C=C/[C@@]1(C)OO[C@@H]2C[C@H]1CC(=O)[C@@H]2C. The standard InChI is InChI=1S/C20H34O3/c1-4-5-6-7-8-9-10-11-12-13-20(3)17-14-18(21)16(2)19(15-17)22-23-20/h12-13,16-17,19H,4-11,14-15H2,1-3H3/b13-12+/t16-,17+,19+,20+/m0/s1. The van der Waals surface area contributed by atoms with Gasteiger partial charge in [0, 0.05) is 18.3 Å². The zero-order valence-corrected chi connectivity index (χ0v) is 15.2. The summed E-state index contributed by atoms with van der Waals surface area (Å²) in [4.78, 5) is 23.3. The Morgan fingerprint density at radius 2 is 1.87 bits per heavy atom. The van der Waals surface area contributed by atoms with Crippen LogP contribution in [0, 0.1) is 11.8 Å². The second kappa shape index (κ2) is 8.98. The zero-order valence-electron chi connectivity index (χ0n) is 15.2. The van der Waals surface area contributed by atoms with Gasteiger partial charge in [-0.2, -0.15) is 0 Å². The number of carbonyl (C=O) groups excluding carboxylic acids is 1.